The molecule has 1 aromatic rings. The van der Waals surface area contributed by atoms with Crippen LogP contribution in [0.4, 0.5) is 23.2 Å². The van der Waals surface area contributed by atoms with Crippen LogP contribution in [0.5, 0.6) is 0 Å². The Kier molecular flexibility index (Phi) is 3.85. The Hall–Kier alpha value is -2.61. The number of anilines is 1. The SMILES string of the molecule is N#CC(C#N)=NNc1cc(C(F)(F)F)ccc1F. The minimum Gasteiger partial charge on any atom is -0.274 e. The molecule has 8 heteroatoms. The first kappa shape index (κ1) is 13.5. The average Bonchev–Trinajstić information content (AvgIpc) is 2.31. The van der Waals surface area contributed by atoms with Gasteiger partial charge in [-0.2, -0.15) is 28.8 Å². The molecule has 0 fully saturated rings. The number of hydrogen-bond donors (Lipinski definition) is 1. The van der Waals surface area contributed by atoms with Crippen molar-refractivity contribution in [3.63, 3.8) is 0 Å². The van der Waals surface area contributed by atoms with Crippen LogP contribution in [0.15, 0.2) is 23.3 Å². The smallest absolute Gasteiger partial charge is 0.274 e. The van der Waals surface area contributed by atoms with E-state index in [0.717, 1.165) is 0 Å². The molecule has 0 radical (unpaired) electrons. The highest BCUT2D eigenvalue weighted by Gasteiger charge is 2.31. The molecule has 1 N–H and O–H groups in total. The summed E-state index contributed by atoms with van der Waals surface area (Å²) in [4.78, 5) is 0. The molecular formula is C10H4F4N4. The highest BCUT2D eigenvalue weighted by Crippen LogP contribution is 2.31. The standard InChI is InChI=1S/C10H4F4N4/c11-8-2-1-6(10(12,13)14)3-9(8)18-17-7(4-15)5-16/h1-3,18H. The largest absolute Gasteiger partial charge is 0.416 e. The first-order chi connectivity index (χ1) is 8.38. The lowest BCUT2D eigenvalue weighted by atomic mass is 10.2. The van der Waals surface area contributed by atoms with E-state index in [4.69, 9.17) is 10.5 Å². The summed E-state index contributed by atoms with van der Waals surface area (Å²) < 4.78 is 50.2. The molecule has 0 amide bonds. The number of benzene rings is 1. The second-order valence-corrected chi connectivity index (χ2v) is 2.99. The fraction of sp³-hybridized carbons (Fsp3) is 0.100. The van der Waals surface area contributed by atoms with Crippen LogP contribution in [0.1, 0.15) is 5.56 Å². The molecule has 1 aromatic carbocycles. The maximum atomic E-state index is 13.2. The third-order valence-electron chi connectivity index (χ3n) is 1.79. The number of nitriles is 2. The van der Waals surface area contributed by atoms with Crippen LogP contribution in [0.2, 0.25) is 0 Å². The Morgan fingerprint density at radius 2 is 1.83 bits per heavy atom. The normalized spacial score (nSPS) is 10.1. The number of halogens is 4. The van der Waals surface area contributed by atoms with E-state index in [2.05, 4.69) is 5.10 Å². The van der Waals surface area contributed by atoms with Gasteiger partial charge in [-0.05, 0) is 18.2 Å². The van der Waals surface area contributed by atoms with Crippen molar-refractivity contribution in [2.75, 3.05) is 5.43 Å². The molecule has 0 aliphatic carbocycles. The first-order valence-electron chi connectivity index (χ1n) is 4.39. The monoisotopic (exact) mass is 256 g/mol. The molecule has 0 aliphatic rings. The van der Waals surface area contributed by atoms with Crippen molar-refractivity contribution >= 4 is 11.4 Å². The van der Waals surface area contributed by atoms with Gasteiger partial charge in [0.2, 0.25) is 5.71 Å². The summed E-state index contributed by atoms with van der Waals surface area (Å²) in [5, 5.41) is 19.8. The van der Waals surface area contributed by atoms with Gasteiger partial charge in [-0.3, -0.25) is 5.43 Å². The Morgan fingerprint density at radius 1 is 1.22 bits per heavy atom. The van der Waals surface area contributed by atoms with Crippen LogP contribution < -0.4 is 5.43 Å². The third-order valence-corrected chi connectivity index (χ3v) is 1.79. The maximum absolute atomic E-state index is 13.2. The lowest BCUT2D eigenvalue weighted by Gasteiger charge is -2.08. The van der Waals surface area contributed by atoms with Crippen molar-refractivity contribution < 1.29 is 17.6 Å². The molecule has 0 aliphatic heterocycles. The second-order valence-electron chi connectivity index (χ2n) is 2.99. The number of alkyl halides is 3. The van der Waals surface area contributed by atoms with E-state index in [1.54, 1.807) is 0 Å². The highest BCUT2D eigenvalue weighted by molar-refractivity contribution is 6.10. The molecule has 0 saturated heterocycles. The van der Waals surface area contributed by atoms with Crippen molar-refractivity contribution in [1.29, 1.82) is 10.5 Å². The molecule has 0 unspecified atom stereocenters. The third kappa shape index (κ3) is 3.19. The zero-order valence-corrected chi connectivity index (χ0v) is 8.59. The van der Waals surface area contributed by atoms with Crippen LogP contribution in [0.3, 0.4) is 0 Å². The number of nitrogens with one attached hydrogen (secondary N) is 1. The predicted molar refractivity (Wildman–Crippen MR) is 53.7 cm³/mol. The minimum absolute atomic E-state index is 0.491. The van der Waals surface area contributed by atoms with Crippen molar-refractivity contribution in [2.45, 2.75) is 6.18 Å². The highest BCUT2D eigenvalue weighted by atomic mass is 19.4. The van der Waals surface area contributed by atoms with Gasteiger partial charge >= 0.3 is 6.18 Å². The average molecular weight is 256 g/mol. The second kappa shape index (κ2) is 5.15. The van der Waals surface area contributed by atoms with E-state index < -0.39 is 29.0 Å². The van der Waals surface area contributed by atoms with Crippen molar-refractivity contribution in [2.24, 2.45) is 5.10 Å². The fourth-order valence-electron chi connectivity index (χ4n) is 0.978. The molecule has 4 nitrogen and oxygen atoms in total. The molecule has 0 bridgehead atoms. The molecular weight excluding hydrogens is 252 g/mol. The summed E-state index contributed by atoms with van der Waals surface area (Å²) >= 11 is 0. The van der Waals surface area contributed by atoms with E-state index in [0.29, 0.717) is 18.2 Å². The van der Waals surface area contributed by atoms with Crippen molar-refractivity contribution in [1.82, 2.24) is 0 Å². The van der Waals surface area contributed by atoms with Crippen LogP contribution >= 0.6 is 0 Å². The van der Waals surface area contributed by atoms with Gasteiger partial charge < -0.3 is 0 Å². The van der Waals surface area contributed by atoms with Gasteiger partial charge in [0.15, 0.2) is 0 Å². The Balaban J connectivity index is 3.08. The van der Waals surface area contributed by atoms with Gasteiger partial charge in [0.05, 0.1) is 11.3 Å². The molecule has 0 aromatic heterocycles. The maximum Gasteiger partial charge on any atom is 0.416 e. The van der Waals surface area contributed by atoms with Crippen molar-refractivity contribution in [3.8, 4) is 12.1 Å². The molecule has 18 heavy (non-hydrogen) atoms. The van der Waals surface area contributed by atoms with Gasteiger partial charge in [-0.25, -0.2) is 4.39 Å². The van der Waals surface area contributed by atoms with Crippen LogP contribution in [-0.2, 0) is 6.18 Å². The molecule has 0 heterocycles. The Morgan fingerprint density at radius 3 is 2.33 bits per heavy atom. The summed E-state index contributed by atoms with van der Waals surface area (Å²) in [6.07, 6.45) is -4.62. The minimum atomic E-state index is -4.62. The molecule has 0 saturated carbocycles. The summed E-state index contributed by atoms with van der Waals surface area (Å²) in [7, 11) is 0. The molecule has 92 valence electrons. The number of rotatable bonds is 2. The van der Waals surface area contributed by atoms with E-state index >= 15 is 0 Å². The van der Waals surface area contributed by atoms with Gasteiger partial charge in [0, 0.05) is 0 Å². The lowest BCUT2D eigenvalue weighted by Crippen LogP contribution is -2.06. The van der Waals surface area contributed by atoms with E-state index in [-0.39, 0.29) is 0 Å². The zero-order valence-electron chi connectivity index (χ0n) is 8.59. The van der Waals surface area contributed by atoms with Crippen LogP contribution in [0, 0.1) is 28.5 Å². The van der Waals surface area contributed by atoms with Gasteiger partial charge in [-0.1, -0.05) is 0 Å². The summed E-state index contributed by atoms with van der Waals surface area (Å²) in [6.45, 7) is 0. The molecule has 1 rings (SSSR count). The van der Waals surface area contributed by atoms with Gasteiger partial charge in [-0.15, -0.1) is 0 Å². The lowest BCUT2D eigenvalue weighted by molar-refractivity contribution is -0.137. The summed E-state index contributed by atoms with van der Waals surface area (Å²) in [5.41, 5.74) is -0.386. The quantitative estimate of drug-likeness (QED) is 0.502. The van der Waals surface area contributed by atoms with Gasteiger partial charge in [0.25, 0.3) is 0 Å². The predicted octanol–water partition coefficient (Wildman–Crippen LogP) is 2.66. The summed E-state index contributed by atoms with van der Waals surface area (Å²) in [6, 6.07) is 4.41. The molecule has 0 atom stereocenters. The van der Waals surface area contributed by atoms with Crippen molar-refractivity contribution in [3.05, 3.63) is 29.6 Å². The van der Waals surface area contributed by atoms with Gasteiger partial charge in [0.1, 0.15) is 18.0 Å². The number of nitrogens with zero attached hydrogens (tertiary/aromatic N) is 3. The fourth-order valence-corrected chi connectivity index (χ4v) is 0.978. The Bertz CT molecular complexity index is 547. The van der Waals surface area contributed by atoms with E-state index in [1.807, 2.05) is 5.43 Å². The number of hydrazone groups is 1. The summed E-state index contributed by atoms with van der Waals surface area (Å²) in [5.74, 6) is -0.984. The zero-order chi connectivity index (χ0) is 13.8. The number of hydrogen-bond acceptors (Lipinski definition) is 4. The first-order valence-corrected chi connectivity index (χ1v) is 4.39. The van der Waals surface area contributed by atoms with E-state index in [1.165, 1.54) is 12.1 Å². The van der Waals surface area contributed by atoms with E-state index in [9.17, 15) is 17.6 Å². The Labute approximate surface area is 98.8 Å². The van der Waals surface area contributed by atoms with Crippen LogP contribution in [-0.4, -0.2) is 5.71 Å². The van der Waals surface area contributed by atoms with Crippen LogP contribution in [0.25, 0.3) is 0 Å². The topological polar surface area (TPSA) is 72.0 Å². The molecule has 0 spiro atoms.